The van der Waals surface area contributed by atoms with Crippen molar-refractivity contribution < 1.29 is 38.2 Å². The maximum atomic E-state index is 13.8. The van der Waals surface area contributed by atoms with Crippen LogP contribution in [0.4, 0.5) is 4.79 Å². The highest BCUT2D eigenvalue weighted by molar-refractivity contribution is 5.93. The van der Waals surface area contributed by atoms with E-state index in [9.17, 15) is 24.0 Å². The van der Waals surface area contributed by atoms with E-state index in [-0.39, 0.29) is 38.1 Å². The molecule has 2 aromatic rings. The third kappa shape index (κ3) is 10.9. The lowest BCUT2D eigenvalue weighted by molar-refractivity contribution is -0.148. The van der Waals surface area contributed by atoms with Gasteiger partial charge < -0.3 is 30.2 Å². The van der Waals surface area contributed by atoms with Crippen molar-refractivity contribution in [2.75, 3.05) is 13.2 Å². The summed E-state index contributed by atoms with van der Waals surface area (Å²) in [5.74, 6) is -3.09. The minimum Gasteiger partial charge on any atom is -0.463 e. The van der Waals surface area contributed by atoms with Crippen molar-refractivity contribution in [2.24, 2.45) is 11.8 Å². The number of esters is 2. The molecule has 1 unspecified atom stereocenters. The van der Waals surface area contributed by atoms with Crippen LogP contribution in [0.25, 0.3) is 0 Å². The second-order valence-corrected chi connectivity index (χ2v) is 11.2. The number of hydrogen-bond donors (Lipinski definition) is 3. The average Bonchev–Trinajstić information content (AvgIpc) is 3.47. The summed E-state index contributed by atoms with van der Waals surface area (Å²) in [5, 5.41) is 8.15. The van der Waals surface area contributed by atoms with E-state index in [1.165, 1.54) is 18.2 Å². The number of rotatable bonds is 16. The van der Waals surface area contributed by atoms with Crippen molar-refractivity contribution in [1.82, 2.24) is 16.0 Å². The number of ether oxygens (including phenoxy) is 3. The normalized spacial score (nSPS) is 14.4. The standard InChI is InChI=1S/C35H43N3O8/c1-5-19-45-34(42)30(23(3)4)37-33(41)31(27-20-25-15-10-11-16-26(25)21-27)38-32(40)28(17-12-18-29(39)44-6-2)36-35(43)46-22-24-13-8-7-9-14-24/h5,7-16,18,23,27-28,30-31H,1,6,17,19-22H2,2-4H3,(H,36,43)(H,37,41)(H,38,40)/b18-12+/t28-,30?,31-/m0/s1. The number of carbonyl (C=O) groups is 5. The topological polar surface area (TPSA) is 149 Å². The summed E-state index contributed by atoms with van der Waals surface area (Å²) >= 11 is 0. The van der Waals surface area contributed by atoms with Crippen molar-refractivity contribution in [3.63, 3.8) is 0 Å². The number of benzene rings is 2. The molecule has 0 bridgehead atoms. The molecule has 3 atom stereocenters. The molecule has 246 valence electrons. The SMILES string of the molecule is C=CCOC(=O)C(NC(=O)[C@@H](NC(=O)[C@H](C/C=C/C(=O)OCC)NC(=O)OCc1ccccc1)C1Cc2ccccc2C1)C(C)C. The van der Waals surface area contributed by atoms with Gasteiger partial charge in [0, 0.05) is 6.08 Å². The van der Waals surface area contributed by atoms with Gasteiger partial charge in [0.15, 0.2) is 0 Å². The summed E-state index contributed by atoms with van der Waals surface area (Å²) in [6, 6.07) is 13.6. The summed E-state index contributed by atoms with van der Waals surface area (Å²) in [7, 11) is 0. The number of fused-ring (bicyclic) bond motifs is 1. The van der Waals surface area contributed by atoms with Crippen LogP contribution in [0.5, 0.6) is 0 Å². The average molecular weight is 634 g/mol. The summed E-state index contributed by atoms with van der Waals surface area (Å²) in [4.78, 5) is 65.0. The van der Waals surface area contributed by atoms with Gasteiger partial charge in [0.05, 0.1) is 6.61 Å². The first-order valence-corrected chi connectivity index (χ1v) is 15.4. The fraction of sp³-hybridized carbons (Fsp3) is 0.400. The minimum absolute atomic E-state index is 0.0109. The van der Waals surface area contributed by atoms with E-state index < -0.39 is 48.0 Å². The predicted molar refractivity (Wildman–Crippen MR) is 171 cm³/mol. The van der Waals surface area contributed by atoms with Gasteiger partial charge in [-0.15, -0.1) is 0 Å². The minimum atomic E-state index is -1.20. The Morgan fingerprint density at radius 2 is 1.52 bits per heavy atom. The molecular weight excluding hydrogens is 590 g/mol. The Bertz CT molecular complexity index is 1370. The molecule has 0 aromatic heterocycles. The lowest BCUT2D eigenvalue weighted by Crippen LogP contribution is -2.59. The van der Waals surface area contributed by atoms with Gasteiger partial charge in [0.2, 0.25) is 11.8 Å². The van der Waals surface area contributed by atoms with E-state index in [4.69, 9.17) is 14.2 Å². The Kier molecular flexibility index (Phi) is 14.0. The van der Waals surface area contributed by atoms with E-state index in [1.807, 2.05) is 42.5 Å². The van der Waals surface area contributed by atoms with Crippen molar-refractivity contribution in [1.29, 1.82) is 0 Å². The van der Waals surface area contributed by atoms with Gasteiger partial charge in [0.1, 0.15) is 31.3 Å². The van der Waals surface area contributed by atoms with Crippen LogP contribution in [0, 0.1) is 11.8 Å². The number of alkyl carbamates (subject to hydrolysis) is 1. The van der Waals surface area contributed by atoms with Crippen molar-refractivity contribution >= 4 is 29.8 Å². The van der Waals surface area contributed by atoms with Crippen LogP contribution >= 0.6 is 0 Å². The van der Waals surface area contributed by atoms with Crippen molar-refractivity contribution in [2.45, 2.75) is 64.8 Å². The molecule has 3 rings (SSSR count). The first-order valence-electron chi connectivity index (χ1n) is 15.4. The highest BCUT2D eigenvalue weighted by Gasteiger charge is 2.38. The number of nitrogens with one attached hydrogen (secondary N) is 3. The molecule has 3 N–H and O–H groups in total. The van der Waals surface area contributed by atoms with Crippen molar-refractivity contribution in [3.05, 3.63) is 96.1 Å². The lowest BCUT2D eigenvalue weighted by atomic mass is 9.94. The zero-order valence-corrected chi connectivity index (χ0v) is 26.5. The largest absolute Gasteiger partial charge is 0.463 e. The van der Waals surface area contributed by atoms with Crippen LogP contribution in [0.1, 0.15) is 43.9 Å². The predicted octanol–water partition coefficient (Wildman–Crippen LogP) is 3.56. The van der Waals surface area contributed by atoms with Gasteiger partial charge in [-0.2, -0.15) is 0 Å². The van der Waals surface area contributed by atoms with Crippen LogP contribution in [0.15, 0.2) is 79.4 Å². The molecule has 0 saturated carbocycles. The molecule has 11 heteroatoms. The third-order valence-electron chi connectivity index (χ3n) is 7.43. The van der Waals surface area contributed by atoms with E-state index in [2.05, 4.69) is 22.5 Å². The maximum Gasteiger partial charge on any atom is 0.408 e. The van der Waals surface area contributed by atoms with Crippen molar-refractivity contribution in [3.8, 4) is 0 Å². The summed E-state index contributed by atoms with van der Waals surface area (Å²) in [6.45, 7) is 8.91. The van der Waals surface area contributed by atoms with E-state index in [0.717, 1.165) is 16.7 Å². The smallest absolute Gasteiger partial charge is 0.408 e. The fourth-order valence-electron chi connectivity index (χ4n) is 5.08. The first-order chi connectivity index (χ1) is 22.1. The number of hydrogen-bond acceptors (Lipinski definition) is 8. The van der Waals surface area contributed by atoms with Gasteiger partial charge >= 0.3 is 18.0 Å². The number of carbonyl (C=O) groups excluding carboxylic acids is 5. The molecule has 0 saturated heterocycles. The van der Waals surface area contributed by atoms with Gasteiger partial charge in [-0.05, 0) is 54.7 Å². The highest BCUT2D eigenvalue weighted by Crippen LogP contribution is 2.29. The molecule has 3 amide bonds. The first kappa shape index (κ1) is 35.5. The highest BCUT2D eigenvalue weighted by atomic mass is 16.5. The quantitative estimate of drug-likeness (QED) is 0.110. The fourth-order valence-corrected chi connectivity index (χ4v) is 5.08. The maximum absolute atomic E-state index is 13.8. The second kappa shape index (κ2) is 18.1. The molecule has 0 radical (unpaired) electrons. The molecule has 2 aromatic carbocycles. The van der Waals surface area contributed by atoms with Crippen LogP contribution < -0.4 is 16.0 Å². The van der Waals surface area contributed by atoms with Gasteiger partial charge in [-0.1, -0.05) is 87.2 Å². The van der Waals surface area contributed by atoms with Crippen LogP contribution in [-0.2, 0) is 52.8 Å². The van der Waals surface area contributed by atoms with Gasteiger partial charge in [-0.3, -0.25) is 9.59 Å². The lowest BCUT2D eigenvalue weighted by Gasteiger charge is -2.29. The van der Waals surface area contributed by atoms with Crippen LogP contribution in [0.3, 0.4) is 0 Å². The molecule has 46 heavy (non-hydrogen) atoms. The zero-order chi connectivity index (χ0) is 33.5. The molecule has 11 nitrogen and oxygen atoms in total. The summed E-state index contributed by atoms with van der Waals surface area (Å²) in [5.41, 5.74) is 2.87. The molecule has 0 aliphatic heterocycles. The Morgan fingerprint density at radius 3 is 2.13 bits per heavy atom. The summed E-state index contributed by atoms with van der Waals surface area (Å²) < 4.78 is 15.4. The molecule has 1 aliphatic carbocycles. The molecule has 0 spiro atoms. The summed E-state index contributed by atoms with van der Waals surface area (Å²) in [6.07, 6.45) is 4.10. The Morgan fingerprint density at radius 1 is 0.870 bits per heavy atom. The zero-order valence-electron chi connectivity index (χ0n) is 26.5. The number of amides is 3. The molecule has 0 heterocycles. The monoisotopic (exact) mass is 633 g/mol. The second-order valence-electron chi connectivity index (χ2n) is 11.2. The third-order valence-corrected chi connectivity index (χ3v) is 7.43. The van der Waals surface area contributed by atoms with E-state index >= 15 is 0 Å². The van der Waals surface area contributed by atoms with Crippen LogP contribution in [-0.4, -0.2) is 61.2 Å². The van der Waals surface area contributed by atoms with Gasteiger partial charge in [0.25, 0.3) is 0 Å². The molecule has 1 aliphatic rings. The molecule has 0 fully saturated rings. The molecular formula is C35H43N3O8. The van der Waals surface area contributed by atoms with E-state index in [1.54, 1.807) is 32.9 Å². The van der Waals surface area contributed by atoms with Crippen LogP contribution in [0.2, 0.25) is 0 Å². The Hall–Kier alpha value is -4.93. The van der Waals surface area contributed by atoms with Gasteiger partial charge in [-0.25, -0.2) is 14.4 Å². The Labute approximate surface area is 269 Å². The Balaban J connectivity index is 1.82. The van der Waals surface area contributed by atoms with E-state index in [0.29, 0.717) is 12.8 Å².